The van der Waals surface area contributed by atoms with Crippen LogP contribution in [-0.4, -0.2) is 49.1 Å². The number of ether oxygens (including phenoxy) is 2. The number of nitrogens with zero attached hydrogens (tertiary/aromatic N) is 3. The molecule has 1 unspecified atom stereocenters. The van der Waals surface area contributed by atoms with Crippen LogP contribution in [0.15, 0.2) is 41.3 Å². The second-order valence-corrected chi connectivity index (χ2v) is 7.40. The number of amides is 1. The van der Waals surface area contributed by atoms with Gasteiger partial charge in [0.1, 0.15) is 5.75 Å². The summed E-state index contributed by atoms with van der Waals surface area (Å²) in [5.41, 5.74) is 1.36. The maximum absolute atomic E-state index is 12.6. The van der Waals surface area contributed by atoms with Crippen LogP contribution in [0, 0.1) is 5.92 Å². The van der Waals surface area contributed by atoms with Crippen LogP contribution in [0.3, 0.4) is 0 Å². The molecule has 0 spiro atoms. The Morgan fingerprint density at radius 3 is 2.93 bits per heavy atom. The van der Waals surface area contributed by atoms with Crippen molar-refractivity contribution in [2.45, 2.75) is 32.7 Å². The second kappa shape index (κ2) is 10.8. The number of benzene rings is 1. The molecule has 1 aliphatic rings. The van der Waals surface area contributed by atoms with Gasteiger partial charge in [-0.3, -0.25) is 9.59 Å². The highest BCUT2D eigenvalue weighted by Gasteiger charge is 2.23. The molecular weight excluding hydrogens is 384 g/mol. The van der Waals surface area contributed by atoms with E-state index in [9.17, 15) is 9.59 Å². The van der Waals surface area contributed by atoms with Crippen LogP contribution in [0.4, 0.5) is 11.4 Å². The van der Waals surface area contributed by atoms with Crippen LogP contribution in [0.1, 0.15) is 26.2 Å². The summed E-state index contributed by atoms with van der Waals surface area (Å²) in [7, 11) is 1.60. The van der Waals surface area contributed by atoms with Crippen molar-refractivity contribution >= 4 is 17.3 Å². The number of carbonyl (C=O) groups is 1. The first-order valence-electron chi connectivity index (χ1n) is 10.4. The van der Waals surface area contributed by atoms with E-state index in [-0.39, 0.29) is 17.4 Å². The smallest absolute Gasteiger partial charge is 0.268 e. The van der Waals surface area contributed by atoms with Gasteiger partial charge < -0.3 is 19.7 Å². The zero-order valence-electron chi connectivity index (χ0n) is 17.7. The minimum Gasteiger partial charge on any atom is -0.492 e. The van der Waals surface area contributed by atoms with Crippen LogP contribution >= 0.6 is 0 Å². The Hall–Kier alpha value is -2.87. The van der Waals surface area contributed by atoms with E-state index in [1.54, 1.807) is 19.4 Å². The third-order valence-electron chi connectivity index (χ3n) is 5.18. The van der Waals surface area contributed by atoms with Crippen LogP contribution < -0.4 is 20.5 Å². The fraction of sp³-hybridized carbons (Fsp3) is 0.500. The number of anilines is 2. The van der Waals surface area contributed by atoms with Crippen LogP contribution in [0.2, 0.25) is 0 Å². The standard InChI is InChI=1S/C22H30N4O4/c1-3-30-20-9-5-4-8-19(20)24-21(27)13-17-7-6-10-25(16-17)18-14-22(28)26(23-15-18)11-12-29-2/h4-5,8-9,14-15,17H,3,6-7,10-13,16H2,1-2H3,(H,24,27). The Morgan fingerprint density at radius 1 is 1.33 bits per heavy atom. The Kier molecular flexibility index (Phi) is 7.84. The molecule has 1 fully saturated rings. The van der Waals surface area contributed by atoms with Gasteiger partial charge in [-0.15, -0.1) is 0 Å². The van der Waals surface area contributed by atoms with Crippen molar-refractivity contribution in [3.05, 3.63) is 46.9 Å². The predicted octanol–water partition coefficient (Wildman–Crippen LogP) is 2.53. The summed E-state index contributed by atoms with van der Waals surface area (Å²) in [6.45, 7) is 4.92. The molecule has 1 aliphatic heterocycles. The van der Waals surface area contributed by atoms with Crippen LogP contribution in [0.25, 0.3) is 0 Å². The van der Waals surface area contributed by atoms with Gasteiger partial charge in [0.15, 0.2) is 0 Å². The molecule has 1 N–H and O–H groups in total. The van der Waals surface area contributed by atoms with Crippen molar-refractivity contribution in [3.63, 3.8) is 0 Å². The number of para-hydroxylation sites is 2. The molecule has 0 aliphatic carbocycles. The quantitative estimate of drug-likeness (QED) is 0.679. The molecule has 0 saturated carbocycles. The zero-order valence-corrected chi connectivity index (χ0v) is 17.7. The van der Waals surface area contributed by atoms with Gasteiger partial charge in [-0.1, -0.05) is 12.1 Å². The van der Waals surface area contributed by atoms with E-state index in [0.717, 1.165) is 31.6 Å². The lowest BCUT2D eigenvalue weighted by atomic mass is 9.94. The van der Waals surface area contributed by atoms with Crippen molar-refractivity contribution in [1.29, 1.82) is 0 Å². The molecule has 1 atom stereocenters. The number of aromatic nitrogens is 2. The van der Waals surface area contributed by atoms with E-state index in [1.807, 2.05) is 31.2 Å². The Bertz CT molecular complexity index is 899. The van der Waals surface area contributed by atoms with Gasteiger partial charge in [-0.2, -0.15) is 5.10 Å². The van der Waals surface area contributed by atoms with Crippen LogP contribution in [-0.2, 0) is 16.1 Å². The fourth-order valence-electron chi connectivity index (χ4n) is 3.72. The minimum atomic E-state index is -0.142. The van der Waals surface area contributed by atoms with E-state index in [0.29, 0.717) is 37.6 Å². The second-order valence-electron chi connectivity index (χ2n) is 7.40. The van der Waals surface area contributed by atoms with Crippen molar-refractivity contribution in [2.24, 2.45) is 5.92 Å². The highest BCUT2D eigenvalue weighted by Crippen LogP contribution is 2.27. The van der Waals surface area contributed by atoms with Crippen molar-refractivity contribution in [2.75, 3.05) is 43.6 Å². The predicted molar refractivity (Wildman–Crippen MR) is 116 cm³/mol. The molecule has 1 aromatic heterocycles. The summed E-state index contributed by atoms with van der Waals surface area (Å²) in [6, 6.07) is 9.08. The monoisotopic (exact) mass is 414 g/mol. The molecule has 3 rings (SSSR count). The van der Waals surface area contributed by atoms with Gasteiger partial charge in [0.2, 0.25) is 5.91 Å². The normalized spacial score (nSPS) is 16.3. The zero-order chi connectivity index (χ0) is 21.3. The molecule has 162 valence electrons. The number of carbonyl (C=O) groups excluding carboxylic acids is 1. The third-order valence-corrected chi connectivity index (χ3v) is 5.18. The molecule has 2 aromatic rings. The van der Waals surface area contributed by atoms with Crippen molar-refractivity contribution in [3.8, 4) is 5.75 Å². The summed E-state index contributed by atoms with van der Waals surface area (Å²) in [5.74, 6) is 0.870. The van der Waals surface area contributed by atoms with E-state index in [2.05, 4.69) is 15.3 Å². The molecule has 1 saturated heterocycles. The molecule has 1 aromatic carbocycles. The highest BCUT2D eigenvalue weighted by atomic mass is 16.5. The summed E-state index contributed by atoms with van der Waals surface area (Å²) in [5, 5.41) is 7.22. The summed E-state index contributed by atoms with van der Waals surface area (Å²) < 4.78 is 12.0. The Balaban J connectivity index is 1.59. The average Bonchev–Trinajstić information content (AvgIpc) is 2.74. The SMILES string of the molecule is CCOc1ccccc1NC(=O)CC1CCCN(c2cnn(CCOC)c(=O)c2)C1. The average molecular weight is 415 g/mol. The summed E-state index contributed by atoms with van der Waals surface area (Å²) >= 11 is 0. The lowest BCUT2D eigenvalue weighted by molar-refractivity contribution is -0.117. The summed E-state index contributed by atoms with van der Waals surface area (Å²) in [6.07, 6.45) is 4.10. The lowest BCUT2D eigenvalue weighted by Gasteiger charge is -2.34. The molecule has 8 heteroatoms. The van der Waals surface area contributed by atoms with E-state index in [1.165, 1.54) is 4.68 Å². The molecule has 8 nitrogen and oxygen atoms in total. The molecule has 0 bridgehead atoms. The number of nitrogens with one attached hydrogen (secondary N) is 1. The number of hydrogen-bond acceptors (Lipinski definition) is 6. The first-order chi connectivity index (χ1) is 14.6. The van der Waals surface area contributed by atoms with Crippen molar-refractivity contribution < 1.29 is 14.3 Å². The number of methoxy groups -OCH3 is 1. The van der Waals surface area contributed by atoms with E-state index in [4.69, 9.17) is 9.47 Å². The topological polar surface area (TPSA) is 85.7 Å². The lowest BCUT2D eigenvalue weighted by Crippen LogP contribution is -2.38. The van der Waals surface area contributed by atoms with Gasteiger partial charge in [0, 0.05) is 32.7 Å². The minimum absolute atomic E-state index is 0.0258. The molecular formula is C22H30N4O4. The van der Waals surface area contributed by atoms with E-state index < -0.39 is 0 Å². The Morgan fingerprint density at radius 2 is 2.17 bits per heavy atom. The fourth-order valence-corrected chi connectivity index (χ4v) is 3.72. The van der Waals surface area contributed by atoms with Crippen molar-refractivity contribution in [1.82, 2.24) is 9.78 Å². The highest BCUT2D eigenvalue weighted by molar-refractivity contribution is 5.92. The first kappa shape index (κ1) is 21.8. The Labute approximate surface area is 176 Å². The summed E-state index contributed by atoms with van der Waals surface area (Å²) in [4.78, 5) is 27.0. The molecule has 2 heterocycles. The van der Waals surface area contributed by atoms with Crippen LogP contribution in [0.5, 0.6) is 5.75 Å². The number of rotatable bonds is 9. The largest absolute Gasteiger partial charge is 0.492 e. The number of piperidine rings is 1. The van der Waals surface area contributed by atoms with E-state index >= 15 is 0 Å². The maximum Gasteiger partial charge on any atom is 0.268 e. The number of hydrogen-bond donors (Lipinski definition) is 1. The molecule has 1 amide bonds. The third kappa shape index (κ3) is 5.82. The van der Waals surface area contributed by atoms with Gasteiger partial charge in [-0.25, -0.2) is 4.68 Å². The first-order valence-corrected chi connectivity index (χ1v) is 10.4. The van der Waals surface area contributed by atoms with Gasteiger partial charge >= 0.3 is 0 Å². The van der Waals surface area contributed by atoms with Gasteiger partial charge in [0.05, 0.1) is 37.3 Å². The van der Waals surface area contributed by atoms with Gasteiger partial charge in [0.25, 0.3) is 5.56 Å². The molecule has 0 radical (unpaired) electrons. The molecule has 30 heavy (non-hydrogen) atoms. The maximum atomic E-state index is 12.6. The van der Waals surface area contributed by atoms with Gasteiger partial charge in [-0.05, 0) is 37.8 Å².